The third-order valence-electron chi connectivity index (χ3n) is 3.09. The lowest BCUT2D eigenvalue weighted by Crippen LogP contribution is -2.43. The summed E-state index contributed by atoms with van der Waals surface area (Å²) in [6, 6.07) is 0.566. The summed E-state index contributed by atoms with van der Waals surface area (Å²) in [4.78, 5) is 10.3. The van der Waals surface area contributed by atoms with Gasteiger partial charge in [-0.2, -0.15) is 0 Å². The van der Waals surface area contributed by atoms with Gasteiger partial charge < -0.3 is 5.32 Å². The second-order valence-electron chi connectivity index (χ2n) is 4.32. The molecule has 0 saturated carbocycles. The lowest BCUT2D eigenvalue weighted by atomic mass is 10.1. The van der Waals surface area contributed by atoms with Crippen LogP contribution < -0.4 is 5.32 Å². The molecule has 1 aromatic heterocycles. The lowest BCUT2D eigenvalue weighted by Gasteiger charge is -2.32. The summed E-state index contributed by atoms with van der Waals surface area (Å²) in [6.45, 7) is 2.92. The molecular formula is C11H17Cl3N4. The number of halogens is 3. The van der Waals surface area contributed by atoms with Gasteiger partial charge in [0, 0.05) is 30.9 Å². The summed E-state index contributed by atoms with van der Waals surface area (Å²) >= 11 is 11.7. The Hall–Kier alpha value is -0.130. The van der Waals surface area contributed by atoms with Crippen LogP contribution in [0.15, 0.2) is 6.20 Å². The first-order chi connectivity index (χ1) is 8.19. The molecule has 1 saturated heterocycles. The molecule has 0 aromatic carbocycles. The van der Waals surface area contributed by atoms with Gasteiger partial charge in [-0.05, 0) is 38.0 Å². The van der Waals surface area contributed by atoms with Crippen LogP contribution in [0.5, 0.6) is 0 Å². The van der Waals surface area contributed by atoms with Gasteiger partial charge in [-0.15, -0.1) is 12.4 Å². The topological polar surface area (TPSA) is 41.0 Å². The first-order valence-corrected chi connectivity index (χ1v) is 6.51. The Balaban J connectivity index is 0.00000162. The number of likely N-dealkylation sites (N-methyl/N-ethyl adjacent to an activating group) is 1. The van der Waals surface area contributed by atoms with Crippen molar-refractivity contribution in [2.24, 2.45) is 0 Å². The Morgan fingerprint density at radius 1 is 1.50 bits per heavy atom. The minimum atomic E-state index is 0. The van der Waals surface area contributed by atoms with Crippen LogP contribution in [-0.4, -0.2) is 41.0 Å². The highest BCUT2D eigenvalue weighted by Gasteiger charge is 2.19. The smallest absolute Gasteiger partial charge is 0.223 e. The molecule has 0 amide bonds. The van der Waals surface area contributed by atoms with Crippen molar-refractivity contribution in [1.82, 2.24) is 20.2 Å². The summed E-state index contributed by atoms with van der Waals surface area (Å²) in [5.74, 6) is 0. The van der Waals surface area contributed by atoms with Gasteiger partial charge in [-0.25, -0.2) is 9.97 Å². The molecule has 1 aromatic rings. The summed E-state index contributed by atoms with van der Waals surface area (Å²) in [5.41, 5.74) is 0.938. The number of hydrogen-bond donors (Lipinski definition) is 1. The van der Waals surface area contributed by atoms with Crippen molar-refractivity contribution < 1.29 is 0 Å². The second kappa shape index (κ2) is 7.46. The number of likely N-dealkylation sites (tertiary alicyclic amines) is 1. The van der Waals surface area contributed by atoms with Gasteiger partial charge in [-0.1, -0.05) is 11.6 Å². The Bertz CT molecular complexity index is 389. The van der Waals surface area contributed by atoms with E-state index in [1.807, 2.05) is 7.05 Å². The molecule has 7 heteroatoms. The van der Waals surface area contributed by atoms with Gasteiger partial charge in [0.15, 0.2) is 0 Å². The summed E-state index contributed by atoms with van der Waals surface area (Å²) in [5, 5.41) is 3.97. The zero-order valence-electron chi connectivity index (χ0n) is 10.2. The molecule has 0 spiro atoms. The van der Waals surface area contributed by atoms with E-state index in [1.54, 1.807) is 6.20 Å². The Kier molecular flexibility index (Phi) is 6.60. The van der Waals surface area contributed by atoms with Crippen molar-refractivity contribution in [1.29, 1.82) is 0 Å². The molecule has 1 aliphatic rings. The molecule has 4 nitrogen and oxygen atoms in total. The Morgan fingerprint density at radius 2 is 2.28 bits per heavy atom. The van der Waals surface area contributed by atoms with E-state index in [1.165, 1.54) is 12.8 Å². The maximum absolute atomic E-state index is 6.04. The number of piperidine rings is 1. The fourth-order valence-corrected chi connectivity index (χ4v) is 2.51. The molecule has 1 fully saturated rings. The van der Waals surface area contributed by atoms with Gasteiger partial charge in [0.1, 0.15) is 5.15 Å². The number of nitrogens with zero attached hydrogens (tertiary/aromatic N) is 3. The maximum Gasteiger partial charge on any atom is 0.223 e. The molecule has 1 atom stereocenters. The van der Waals surface area contributed by atoms with Crippen molar-refractivity contribution in [3.8, 4) is 0 Å². The van der Waals surface area contributed by atoms with Gasteiger partial charge in [0.05, 0.1) is 0 Å². The normalized spacial score (nSPS) is 20.5. The molecule has 102 valence electrons. The predicted molar refractivity (Wildman–Crippen MR) is 76.7 cm³/mol. The standard InChI is InChI=1S/C11H16Cl2N4.ClH/c1-14-9-3-2-4-17(7-9)6-8-5-15-11(13)16-10(8)12;/h5,9,14H,2-4,6-7H2,1H3;1H. The quantitative estimate of drug-likeness (QED) is 0.687. The van der Waals surface area contributed by atoms with Crippen molar-refractivity contribution in [3.05, 3.63) is 22.2 Å². The number of aromatic nitrogens is 2. The van der Waals surface area contributed by atoms with Crippen molar-refractivity contribution in [2.45, 2.75) is 25.4 Å². The SMILES string of the molecule is CNC1CCCN(Cc2cnc(Cl)nc2Cl)C1.Cl. The molecule has 0 bridgehead atoms. The van der Waals surface area contributed by atoms with Crippen LogP contribution in [0.25, 0.3) is 0 Å². The molecular weight excluding hydrogens is 295 g/mol. The van der Waals surface area contributed by atoms with Crippen LogP contribution >= 0.6 is 35.6 Å². The first kappa shape index (κ1) is 15.9. The predicted octanol–water partition coefficient (Wildman–Crippen LogP) is 2.39. The molecule has 0 radical (unpaired) electrons. The molecule has 1 unspecified atom stereocenters. The fourth-order valence-electron chi connectivity index (χ4n) is 2.15. The van der Waals surface area contributed by atoms with Crippen molar-refractivity contribution >= 4 is 35.6 Å². The molecule has 2 rings (SSSR count). The zero-order valence-corrected chi connectivity index (χ0v) is 12.5. The molecule has 1 aliphatic heterocycles. The Labute approximate surface area is 123 Å². The molecule has 0 aliphatic carbocycles. The number of rotatable bonds is 3. The van der Waals surface area contributed by atoms with E-state index in [0.29, 0.717) is 11.2 Å². The van der Waals surface area contributed by atoms with Crippen LogP contribution in [0.1, 0.15) is 18.4 Å². The first-order valence-electron chi connectivity index (χ1n) is 5.75. The average molecular weight is 312 g/mol. The van der Waals surface area contributed by atoms with Gasteiger partial charge >= 0.3 is 0 Å². The molecule has 18 heavy (non-hydrogen) atoms. The van der Waals surface area contributed by atoms with Crippen LogP contribution in [0.2, 0.25) is 10.4 Å². The van der Waals surface area contributed by atoms with Crippen LogP contribution in [0.3, 0.4) is 0 Å². The fraction of sp³-hybridized carbons (Fsp3) is 0.636. The van der Waals surface area contributed by atoms with Gasteiger partial charge in [0.25, 0.3) is 0 Å². The van der Waals surface area contributed by atoms with Crippen LogP contribution in [-0.2, 0) is 6.54 Å². The van der Waals surface area contributed by atoms with Crippen LogP contribution in [0, 0.1) is 0 Å². The van der Waals surface area contributed by atoms with Gasteiger partial charge in [0.2, 0.25) is 5.28 Å². The van der Waals surface area contributed by atoms with E-state index in [9.17, 15) is 0 Å². The minimum Gasteiger partial charge on any atom is -0.316 e. The van der Waals surface area contributed by atoms with E-state index in [-0.39, 0.29) is 17.7 Å². The van der Waals surface area contributed by atoms with E-state index < -0.39 is 0 Å². The third kappa shape index (κ3) is 4.21. The van der Waals surface area contributed by atoms with E-state index in [4.69, 9.17) is 23.2 Å². The summed E-state index contributed by atoms with van der Waals surface area (Å²) in [6.07, 6.45) is 4.15. The summed E-state index contributed by atoms with van der Waals surface area (Å²) < 4.78 is 0. The van der Waals surface area contributed by atoms with Gasteiger partial charge in [-0.3, -0.25) is 4.90 Å². The van der Waals surface area contributed by atoms with Crippen LogP contribution in [0.4, 0.5) is 0 Å². The highest BCUT2D eigenvalue weighted by molar-refractivity contribution is 6.32. The minimum absolute atomic E-state index is 0. The van der Waals surface area contributed by atoms with E-state index >= 15 is 0 Å². The molecule has 1 N–H and O–H groups in total. The maximum atomic E-state index is 6.04. The third-order valence-corrected chi connectivity index (χ3v) is 3.60. The van der Waals surface area contributed by atoms with Crippen molar-refractivity contribution in [2.75, 3.05) is 20.1 Å². The zero-order chi connectivity index (χ0) is 12.3. The average Bonchev–Trinajstić information content (AvgIpc) is 2.33. The monoisotopic (exact) mass is 310 g/mol. The van der Waals surface area contributed by atoms with E-state index in [0.717, 1.165) is 25.2 Å². The highest BCUT2D eigenvalue weighted by atomic mass is 35.5. The van der Waals surface area contributed by atoms with Crippen molar-refractivity contribution in [3.63, 3.8) is 0 Å². The second-order valence-corrected chi connectivity index (χ2v) is 5.01. The largest absolute Gasteiger partial charge is 0.316 e. The lowest BCUT2D eigenvalue weighted by molar-refractivity contribution is 0.187. The number of hydrogen-bond acceptors (Lipinski definition) is 4. The highest BCUT2D eigenvalue weighted by Crippen LogP contribution is 2.18. The number of nitrogens with one attached hydrogen (secondary N) is 1. The molecule has 2 heterocycles. The summed E-state index contributed by atoms with van der Waals surface area (Å²) in [7, 11) is 2.01. The van der Waals surface area contributed by atoms with E-state index in [2.05, 4.69) is 20.2 Å². The Morgan fingerprint density at radius 3 is 2.94 bits per heavy atom.